The van der Waals surface area contributed by atoms with Crippen molar-refractivity contribution in [1.82, 2.24) is 5.48 Å². The molecule has 1 rings (SSSR count). The Bertz CT molecular complexity index is 243. The molecule has 0 heterocycles. The van der Waals surface area contributed by atoms with E-state index in [1.165, 1.54) is 12.1 Å². The molecule has 58 valence electrons. The number of phenols is 1. The lowest BCUT2D eigenvalue weighted by Gasteiger charge is -1.92. The predicted molar refractivity (Wildman–Crippen MR) is 41.2 cm³/mol. The Morgan fingerprint density at radius 3 is 2.45 bits per heavy atom. The van der Waals surface area contributed by atoms with Gasteiger partial charge in [-0.2, -0.15) is 0 Å². The highest BCUT2D eigenvalue weighted by Crippen LogP contribution is 2.15. The lowest BCUT2D eigenvalue weighted by atomic mass is 10.3. The van der Waals surface area contributed by atoms with Gasteiger partial charge in [-0.3, -0.25) is 10.7 Å². The van der Waals surface area contributed by atoms with Crippen molar-refractivity contribution >= 4 is 12.0 Å². The van der Waals surface area contributed by atoms with Gasteiger partial charge in [-0.1, -0.05) is 0 Å². The number of hydrogen-bond donors (Lipinski definition) is 3. The smallest absolute Gasteiger partial charge is 0.115 e. The molecule has 0 aliphatic rings. The lowest BCUT2D eigenvalue weighted by molar-refractivity contribution is 0.240. The van der Waals surface area contributed by atoms with E-state index in [0.29, 0.717) is 5.69 Å². The minimum Gasteiger partial charge on any atom is -0.508 e. The van der Waals surface area contributed by atoms with E-state index in [2.05, 4.69) is 4.99 Å². The molecule has 4 heteroatoms. The van der Waals surface area contributed by atoms with Crippen LogP contribution in [-0.2, 0) is 0 Å². The van der Waals surface area contributed by atoms with E-state index in [9.17, 15) is 0 Å². The molecular formula is C7H8N2O2. The second kappa shape index (κ2) is 3.58. The SMILES string of the molecule is ONC=Nc1ccc(O)cc1. The summed E-state index contributed by atoms with van der Waals surface area (Å²) in [6.45, 7) is 0. The van der Waals surface area contributed by atoms with E-state index in [0.717, 1.165) is 6.34 Å². The number of aromatic hydroxyl groups is 1. The molecule has 1 aromatic carbocycles. The molecule has 0 saturated heterocycles. The number of hydrogen-bond acceptors (Lipinski definition) is 3. The largest absolute Gasteiger partial charge is 0.508 e. The predicted octanol–water partition coefficient (Wildman–Crippen LogP) is 1.03. The van der Waals surface area contributed by atoms with Gasteiger partial charge in [0.2, 0.25) is 0 Å². The molecule has 0 aliphatic carbocycles. The fraction of sp³-hybridized carbons (Fsp3) is 0. The molecule has 3 N–H and O–H groups in total. The van der Waals surface area contributed by atoms with Gasteiger partial charge in [0.15, 0.2) is 0 Å². The first-order valence-corrected chi connectivity index (χ1v) is 3.04. The second-order valence-electron chi connectivity index (χ2n) is 1.90. The highest BCUT2D eigenvalue weighted by atomic mass is 16.5. The van der Waals surface area contributed by atoms with E-state index in [1.807, 2.05) is 0 Å². The van der Waals surface area contributed by atoms with Crippen molar-refractivity contribution in [3.63, 3.8) is 0 Å². The third-order valence-corrected chi connectivity index (χ3v) is 1.12. The number of benzene rings is 1. The van der Waals surface area contributed by atoms with E-state index >= 15 is 0 Å². The minimum absolute atomic E-state index is 0.195. The summed E-state index contributed by atoms with van der Waals surface area (Å²) in [5.41, 5.74) is 2.43. The quantitative estimate of drug-likeness (QED) is 0.337. The Morgan fingerprint density at radius 2 is 1.91 bits per heavy atom. The van der Waals surface area contributed by atoms with Gasteiger partial charge in [0, 0.05) is 0 Å². The topological polar surface area (TPSA) is 64.8 Å². The molecule has 0 spiro atoms. The van der Waals surface area contributed by atoms with Crippen LogP contribution in [0.2, 0.25) is 0 Å². The van der Waals surface area contributed by atoms with Gasteiger partial charge < -0.3 is 5.11 Å². The molecule has 0 radical (unpaired) electrons. The Morgan fingerprint density at radius 1 is 1.27 bits per heavy atom. The van der Waals surface area contributed by atoms with Crippen LogP contribution in [0.4, 0.5) is 5.69 Å². The van der Waals surface area contributed by atoms with E-state index in [1.54, 1.807) is 17.6 Å². The Hall–Kier alpha value is -1.55. The molecule has 0 atom stereocenters. The molecule has 0 aliphatic heterocycles. The van der Waals surface area contributed by atoms with Crippen molar-refractivity contribution in [3.05, 3.63) is 24.3 Å². The summed E-state index contributed by atoms with van der Waals surface area (Å²) < 4.78 is 0. The summed E-state index contributed by atoms with van der Waals surface area (Å²) in [5.74, 6) is 0.195. The highest BCUT2D eigenvalue weighted by molar-refractivity contribution is 5.59. The van der Waals surface area contributed by atoms with Gasteiger partial charge >= 0.3 is 0 Å². The van der Waals surface area contributed by atoms with Gasteiger partial charge in [-0.05, 0) is 24.3 Å². The molecule has 0 bridgehead atoms. The molecule has 1 aromatic rings. The molecule has 0 aromatic heterocycles. The van der Waals surface area contributed by atoms with Gasteiger partial charge in [0.05, 0.1) is 5.69 Å². The number of hydroxylamine groups is 1. The fourth-order valence-electron chi connectivity index (χ4n) is 0.642. The molecule has 0 amide bonds. The monoisotopic (exact) mass is 152 g/mol. The van der Waals surface area contributed by atoms with Crippen LogP contribution in [0.1, 0.15) is 0 Å². The summed E-state index contributed by atoms with van der Waals surface area (Å²) in [5, 5.41) is 17.0. The molecule has 0 fully saturated rings. The summed E-state index contributed by atoms with van der Waals surface area (Å²) in [4.78, 5) is 3.77. The number of nitrogens with zero attached hydrogens (tertiary/aromatic N) is 1. The van der Waals surface area contributed by atoms with Crippen molar-refractivity contribution in [3.8, 4) is 5.75 Å². The maximum absolute atomic E-state index is 8.87. The summed E-state index contributed by atoms with van der Waals surface area (Å²) in [7, 11) is 0. The number of phenolic OH excluding ortho intramolecular Hbond substituents is 1. The number of aliphatic imine (C=N–C) groups is 1. The fourth-order valence-corrected chi connectivity index (χ4v) is 0.642. The Kier molecular flexibility index (Phi) is 2.46. The van der Waals surface area contributed by atoms with E-state index < -0.39 is 0 Å². The zero-order chi connectivity index (χ0) is 8.10. The average molecular weight is 152 g/mol. The van der Waals surface area contributed by atoms with Crippen LogP contribution >= 0.6 is 0 Å². The van der Waals surface area contributed by atoms with Crippen LogP contribution in [0.3, 0.4) is 0 Å². The highest BCUT2D eigenvalue weighted by Gasteiger charge is 1.86. The maximum Gasteiger partial charge on any atom is 0.115 e. The molecule has 0 saturated carbocycles. The van der Waals surface area contributed by atoms with Crippen LogP contribution in [0.5, 0.6) is 5.75 Å². The third-order valence-electron chi connectivity index (χ3n) is 1.12. The van der Waals surface area contributed by atoms with Gasteiger partial charge in [-0.15, -0.1) is 0 Å². The third kappa shape index (κ3) is 2.27. The first-order valence-electron chi connectivity index (χ1n) is 3.04. The normalized spacial score (nSPS) is 10.3. The van der Waals surface area contributed by atoms with Crippen molar-refractivity contribution in [2.45, 2.75) is 0 Å². The molecular weight excluding hydrogens is 144 g/mol. The number of nitrogens with one attached hydrogen (secondary N) is 1. The molecule has 11 heavy (non-hydrogen) atoms. The van der Waals surface area contributed by atoms with Crippen molar-refractivity contribution in [2.75, 3.05) is 0 Å². The van der Waals surface area contributed by atoms with E-state index in [4.69, 9.17) is 10.3 Å². The number of rotatable bonds is 2. The molecule has 4 nitrogen and oxygen atoms in total. The minimum atomic E-state index is 0.195. The van der Waals surface area contributed by atoms with Gasteiger partial charge in [-0.25, -0.2) is 4.99 Å². The Balaban J connectivity index is 2.73. The first-order chi connectivity index (χ1) is 5.33. The maximum atomic E-state index is 8.87. The zero-order valence-electron chi connectivity index (χ0n) is 5.73. The van der Waals surface area contributed by atoms with Crippen LogP contribution < -0.4 is 5.48 Å². The zero-order valence-corrected chi connectivity index (χ0v) is 5.73. The summed E-state index contributed by atoms with van der Waals surface area (Å²) in [6, 6.07) is 6.29. The van der Waals surface area contributed by atoms with Crippen LogP contribution in [0.15, 0.2) is 29.3 Å². The standard InChI is InChI=1S/C7H8N2O2/c10-7-3-1-6(2-4-7)8-5-9-11/h1-5,10-11H,(H,8,9). The van der Waals surface area contributed by atoms with Crippen LogP contribution in [0.25, 0.3) is 0 Å². The van der Waals surface area contributed by atoms with Gasteiger partial charge in [0.25, 0.3) is 0 Å². The van der Waals surface area contributed by atoms with Crippen LogP contribution in [-0.4, -0.2) is 16.7 Å². The molecule has 0 unspecified atom stereocenters. The Labute approximate surface area is 63.8 Å². The second-order valence-corrected chi connectivity index (χ2v) is 1.90. The van der Waals surface area contributed by atoms with Crippen molar-refractivity contribution < 1.29 is 10.3 Å². The lowest BCUT2D eigenvalue weighted by Crippen LogP contribution is -2.00. The van der Waals surface area contributed by atoms with E-state index in [-0.39, 0.29) is 5.75 Å². The first kappa shape index (κ1) is 7.56. The van der Waals surface area contributed by atoms with Crippen LogP contribution in [0, 0.1) is 0 Å². The van der Waals surface area contributed by atoms with Crippen molar-refractivity contribution in [1.29, 1.82) is 0 Å². The van der Waals surface area contributed by atoms with Crippen molar-refractivity contribution in [2.24, 2.45) is 4.99 Å². The summed E-state index contributed by atoms with van der Waals surface area (Å²) in [6.07, 6.45) is 1.15. The average Bonchev–Trinajstić information content (AvgIpc) is 2.04. The van der Waals surface area contributed by atoms with Gasteiger partial charge in [0.1, 0.15) is 12.1 Å². The summed E-state index contributed by atoms with van der Waals surface area (Å²) >= 11 is 0.